The molecule has 2 aromatic rings. The summed E-state index contributed by atoms with van der Waals surface area (Å²) in [5.74, 6) is -0.383. The zero-order valence-electron chi connectivity index (χ0n) is 16.0. The van der Waals surface area contributed by atoms with E-state index in [1.165, 1.54) is 6.07 Å². The van der Waals surface area contributed by atoms with Crippen LogP contribution in [0.25, 0.3) is 0 Å². The highest BCUT2D eigenvalue weighted by molar-refractivity contribution is 5.94. The Morgan fingerprint density at radius 2 is 2.07 bits per heavy atom. The van der Waals surface area contributed by atoms with E-state index < -0.39 is 5.91 Å². The standard InChI is InChI=1S/C21H26N2O5/c1-2-22-21(25)19-20(28-13-15-8-4-3-5-9-15)17(24)12-16(23-19)14-27-18-10-6-7-11-26-18/h3-5,8-9,12,18H,2,6-7,10-11,13-14H2,1H3,(H,22,25)(H,23,24). The molecule has 0 bridgehead atoms. The monoisotopic (exact) mass is 386 g/mol. The molecule has 1 amide bonds. The Morgan fingerprint density at radius 3 is 2.79 bits per heavy atom. The molecule has 1 unspecified atom stereocenters. The average molecular weight is 386 g/mol. The van der Waals surface area contributed by atoms with Crippen molar-refractivity contribution in [2.75, 3.05) is 13.2 Å². The molecule has 1 aromatic carbocycles. The predicted molar refractivity (Wildman–Crippen MR) is 104 cm³/mol. The highest BCUT2D eigenvalue weighted by Crippen LogP contribution is 2.17. The van der Waals surface area contributed by atoms with Crippen molar-refractivity contribution in [3.05, 3.63) is 63.6 Å². The molecule has 7 nitrogen and oxygen atoms in total. The molecule has 150 valence electrons. The molecule has 0 saturated carbocycles. The molecule has 1 aliphatic rings. The molecule has 1 saturated heterocycles. The van der Waals surface area contributed by atoms with Gasteiger partial charge in [-0.05, 0) is 31.7 Å². The van der Waals surface area contributed by atoms with Crippen molar-refractivity contribution < 1.29 is 19.0 Å². The van der Waals surface area contributed by atoms with Gasteiger partial charge >= 0.3 is 0 Å². The van der Waals surface area contributed by atoms with Gasteiger partial charge in [0.15, 0.2) is 17.7 Å². The lowest BCUT2D eigenvalue weighted by atomic mass is 10.2. The van der Waals surface area contributed by atoms with Gasteiger partial charge in [-0.25, -0.2) is 0 Å². The lowest BCUT2D eigenvalue weighted by Gasteiger charge is -2.22. The number of carbonyl (C=O) groups excluding carboxylic acids is 1. The molecule has 28 heavy (non-hydrogen) atoms. The zero-order chi connectivity index (χ0) is 19.8. The topological polar surface area (TPSA) is 89.7 Å². The average Bonchev–Trinajstić information content (AvgIpc) is 2.73. The summed E-state index contributed by atoms with van der Waals surface area (Å²) >= 11 is 0. The number of pyridine rings is 1. The number of aromatic amines is 1. The summed E-state index contributed by atoms with van der Waals surface area (Å²) in [6.07, 6.45) is 2.63. The molecular weight excluding hydrogens is 360 g/mol. The van der Waals surface area contributed by atoms with Crippen LogP contribution in [0.1, 0.15) is 47.9 Å². The molecule has 1 aliphatic heterocycles. The van der Waals surface area contributed by atoms with Crippen LogP contribution < -0.4 is 15.5 Å². The molecule has 0 aliphatic carbocycles. The first-order chi connectivity index (χ1) is 13.7. The number of carbonyl (C=O) groups is 1. The summed E-state index contributed by atoms with van der Waals surface area (Å²) in [6, 6.07) is 10.9. The number of aromatic nitrogens is 1. The minimum atomic E-state index is -0.390. The number of hydrogen-bond acceptors (Lipinski definition) is 5. The van der Waals surface area contributed by atoms with Gasteiger partial charge in [-0.15, -0.1) is 0 Å². The second kappa shape index (κ2) is 10.1. The maximum atomic E-state index is 12.6. The zero-order valence-corrected chi connectivity index (χ0v) is 16.0. The Bertz CT molecular complexity index is 828. The Balaban J connectivity index is 1.77. The number of ether oxygens (including phenoxy) is 3. The van der Waals surface area contributed by atoms with Crippen molar-refractivity contribution >= 4 is 5.91 Å². The first kappa shape index (κ1) is 20.1. The minimum absolute atomic E-state index is 0.00692. The van der Waals surface area contributed by atoms with Crippen LogP contribution in [0.4, 0.5) is 0 Å². The van der Waals surface area contributed by atoms with E-state index in [1.54, 1.807) is 0 Å². The molecular formula is C21H26N2O5. The predicted octanol–water partition coefficient (Wildman–Crippen LogP) is 2.75. The van der Waals surface area contributed by atoms with Gasteiger partial charge in [-0.2, -0.15) is 0 Å². The molecule has 2 N–H and O–H groups in total. The molecule has 3 rings (SSSR count). The highest BCUT2D eigenvalue weighted by atomic mass is 16.7. The van der Waals surface area contributed by atoms with Gasteiger partial charge in [0.1, 0.15) is 6.61 Å². The lowest BCUT2D eigenvalue weighted by molar-refractivity contribution is -0.169. The van der Waals surface area contributed by atoms with Gasteiger partial charge < -0.3 is 24.5 Å². The van der Waals surface area contributed by atoms with Crippen molar-refractivity contribution in [1.29, 1.82) is 0 Å². The third-order valence-corrected chi connectivity index (χ3v) is 4.39. The summed E-state index contributed by atoms with van der Waals surface area (Å²) in [4.78, 5) is 28.1. The summed E-state index contributed by atoms with van der Waals surface area (Å²) in [5, 5.41) is 2.71. The van der Waals surface area contributed by atoms with E-state index in [1.807, 2.05) is 37.3 Å². The normalized spacial score (nSPS) is 16.5. The van der Waals surface area contributed by atoms with E-state index in [-0.39, 0.29) is 36.4 Å². The van der Waals surface area contributed by atoms with Crippen LogP contribution in [0.2, 0.25) is 0 Å². The smallest absolute Gasteiger partial charge is 0.271 e. The van der Waals surface area contributed by atoms with Crippen LogP contribution in [-0.4, -0.2) is 30.3 Å². The summed E-state index contributed by atoms with van der Waals surface area (Å²) < 4.78 is 17.0. The van der Waals surface area contributed by atoms with Crippen molar-refractivity contribution in [3.8, 4) is 5.75 Å². The van der Waals surface area contributed by atoms with Crippen molar-refractivity contribution in [2.45, 2.75) is 45.7 Å². The quantitative estimate of drug-likeness (QED) is 0.728. The third kappa shape index (κ3) is 5.43. The van der Waals surface area contributed by atoms with Gasteiger partial charge in [-0.3, -0.25) is 9.59 Å². The Kier molecular flexibility index (Phi) is 7.22. The van der Waals surface area contributed by atoms with Crippen LogP contribution in [0.15, 0.2) is 41.2 Å². The van der Waals surface area contributed by atoms with Gasteiger partial charge in [-0.1, -0.05) is 30.3 Å². The SMILES string of the molecule is CCNC(=O)c1[nH]c(COC2CCCCO2)cc(=O)c1OCc1ccccc1. The molecule has 0 spiro atoms. The van der Waals surface area contributed by atoms with E-state index in [4.69, 9.17) is 14.2 Å². The van der Waals surface area contributed by atoms with Gasteiger partial charge in [0.25, 0.3) is 5.91 Å². The van der Waals surface area contributed by atoms with E-state index in [9.17, 15) is 9.59 Å². The first-order valence-corrected chi connectivity index (χ1v) is 9.61. The second-order valence-corrected chi connectivity index (χ2v) is 6.60. The van der Waals surface area contributed by atoms with E-state index in [0.29, 0.717) is 18.8 Å². The highest BCUT2D eigenvalue weighted by Gasteiger charge is 2.19. The molecule has 2 heterocycles. The van der Waals surface area contributed by atoms with Crippen LogP contribution in [0.5, 0.6) is 5.75 Å². The van der Waals surface area contributed by atoms with Crippen molar-refractivity contribution in [2.24, 2.45) is 0 Å². The summed E-state index contributed by atoms with van der Waals surface area (Å²) in [7, 11) is 0. The second-order valence-electron chi connectivity index (χ2n) is 6.60. The number of H-pyrrole nitrogens is 1. The maximum absolute atomic E-state index is 12.6. The number of hydrogen-bond donors (Lipinski definition) is 2. The molecule has 7 heteroatoms. The molecule has 1 aromatic heterocycles. The summed E-state index contributed by atoms with van der Waals surface area (Å²) in [5.41, 5.74) is 1.16. The summed E-state index contributed by atoms with van der Waals surface area (Å²) in [6.45, 7) is 3.29. The first-order valence-electron chi connectivity index (χ1n) is 9.61. The lowest BCUT2D eigenvalue weighted by Crippen LogP contribution is -2.28. The molecule has 1 fully saturated rings. The Morgan fingerprint density at radius 1 is 1.25 bits per heavy atom. The van der Waals surface area contributed by atoms with E-state index >= 15 is 0 Å². The third-order valence-electron chi connectivity index (χ3n) is 4.39. The van der Waals surface area contributed by atoms with Crippen molar-refractivity contribution in [3.63, 3.8) is 0 Å². The largest absolute Gasteiger partial charge is 0.483 e. The van der Waals surface area contributed by atoms with Gasteiger partial charge in [0.05, 0.1) is 6.61 Å². The number of amides is 1. The van der Waals surface area contributed by atoms with E-state index in [0.717, 1.165) is 24.8 Å². The fourth-order valence-electron chi connectivity index (χ4n) is 2.99. The minimum Gasteiger partial charge on any atom is -0.483 e. The number of benzene rings is 1. The Labute approximate surface area is 164 Å². The van der Waals surface area contributed by atoms with Crippen LogP contribution in [-0.2, 0) is 22.7 Å². The molecule has 0 radical (unpaired) electrons. The van der Waals surface area contributed by atoms with Crippen LogP contribution >= 0.6 is 0 Å². The van der Waals surface area contributed by atoms with Gasteiger partial charge in [0, 0.05) is 24.9 Å². The van der Waals surface area contributed by atoms with Crippen LogP contribution in [0.3, 0.4) is 0 Å². The molecule has 1 atom stereocenters. The van der Waals surface area contributed by atoms with Crippen molar-refractivity contribution in [1.82, 2.24) is 10.3 Å². The number of nitrogens with one attached hydrogen (secondary N) is 2. The van der Waals surface area contributed by atoms with Gasteiger partial charge in [0.2, 0.25) is 5.43 Å². The fourth-order valence-corrected chi connectivity index (χ4v) is 2.99. The van der Waals surface area contributed by atoms with Crippen LogP contribution in [0, 0.1) is 0 Å². The maximum Gasteiger partial charge on any atom is 0.271 e. The fraction of sp³-hybridized carbons (Fsp3) is 0.429. The van der Waals surface area contributed by atoms with E-state index in [2.05, 4.69) is 10.3 Å². The number of rotatable bonds is 8. The Hall–Kier alpha value is -2.64.